The van der Waals surface area contributed by atoms with E-state index in [0.717, 1.165) is 29.4 Å². The average Bonchev–Trinajstić information content (AvgIpc) is 3.15. The second kappa shape index (κ2) is 6.44. The van der Waals surface area contributed by atoms with Crippen LogP contribution in [0.1, 0.15) is 35.3 Å². The number of pyridine rings is 1. The van der Waals surface area contributed by atoms with E-state index in [4.69, 9.17) is 4.42 Å². The molecule has 4 rings (SSSR count). The van der Waals surface area contributed by atoms with Gasteiger partial charge in [0.1, 0.15) is 5.69 Å². The van der Waals surface area contributed by atoms with Crippen molar-refractivity contribution >= 4 is 41.7 Å². The van der Waals surface area contributed by atoms with Crippen LogP contribution in [0.2, 0.25) is 0 Å². The van der Waals surface area contributed by atoms with Crippen LogP contribution in [0.15, 0.2) is 22.9 Å². The molecule has 120 valence electrons. The first-order valence-corrected chi connectivity index (χ1v) is 7.11. The van der Waals surface area contributed by atoms with Gasteiger partial charge in [-0.25, -0.2) is 4.98 Å². The lowest BCUT2D eigenvalue weighted by Crippen LogP contribution is -2.43. The number of hydrogen-bond acceptors (Lipinski definition) is 4. The van der Waals surface area contributed by atoms with Crippen molar-refractivity contribution in [3.05, 3.63) is 29.8 Å². The van der Waals surface area contributed by atoms with Gasteiger partial charge in [0.15, 0.2) is 5.58 Å². The largest absolute Gasteiger partial charge is 0.462 e. The lowest BCUT2D eigenvalue weighted by atomic mass is 9.95. The predicted molar refractivity (Wildman–Crippen MR) is 89.1 cm³/mol. The highest BCUT2D eigenvalue weighted by molar-refractivity contribution is 5.96. The minimum absolute atomic E-state index is 0. The zero-order chi connectivity index (χ0) is 13.7. The summed E-state index contributed by atoms with van der Waals surface area (Å²) in [7, 11) is 0. The van der Waals surface area contributed by atoms with Crippen LogP contribution in [0.3, 0.4) is 0 Å². The summed E-state index contributed by atoms with van der Waals surface area (Å²) in [6.45, 7) is 1.97. The standard InChI is InChI=1S/C15H17N3O2.2ClH/c1-8-7-20-14-6-16-13(5-10(8)14)15(19)18-12-4-9-2-3-11(12)17-9;;/h5-7,9,11-12,17H,2-4H2,1H3,(H,18,19);2*1H/t9?,11?,12-;;/m1../s1. The maximum Gasteiger partial charge on any atom is 0.270 e. The Balaban J connectivity index is 0.000000882. The number of aryl methyl sites for hydroxylation is 1. The lowest BCUT2D eigenvalue weighted by Gasteiger charge is -2.21. The van der Waals surface area contributed by atoms with Crippen LogP contribution < -0.4 is 10.6 Å². The van der Waals surface area contributed by atoms with Gasteiger partial charge in [-0.1, -0.05) is 0 Å². The summed E-state index contributed by atoms with van der Waals surface area (Å²) >= 11 is 0. The third kappa shape index (κ3) is 2.81. The van der Waals surface area contributed by atoms with E-state index in [1.165, 1.54) is 6.42 Å². The molecule has 4 heterocycles. The van der Waals surface area contributed by atoms with Crippen LogP contribution in [0.5, 0.6) is 0 Å². The molecule has 7 heteroatoms. The number of nitrogens with one attached hydrogen (secondary N) is 2. The Morgan fingerprint density at radius 2 is 2.23 bits per heavy atom. The maximum absolute atomic E-state index is 12.3. The molecule has 2 aliphatic rings. The summed E-state index contributed by atoms with van der Waals surface area (Å²) in [5, 5.41) is 7.58. The van der Waals surface area contributed by atoms with Gasteiger partial charge in [-0.3, -0.25) is 4.79 Å². The molecule has 0 spiro atoms. The minimum atomic E-state index is -0.0909. The molecule has 2 aromatic rings. The van der Waals surface area contributed by atoms with E-state index in [0.29, 0.717) is 17.8 Å². The Morgan fingerprint density at radius 3 is 2.91 bits per heavy atom. The van der Waals surface area contributed by atoms with Crippen LogP contribution in [0.25, 0.3) is 11.0 Å². The molecule has 2 bridgehead atoms. The van der Waals surface area contributed by atoms with Crippen molar-refractivity contribution in [3.63, 3.8) is 0 Å². The van der Waals surface area contributed by atoms with Crippen LogP contribution in [0.4, 0.5) is 0 Å². The van der Waals surface area contributed by atoms with Gasteiger partial charge in [0.2, 0.25) is 0 Å². The van der Waals surface area contributed by atoms with Crippen molar-refractivity contribution in [1.82, 2.24) is 15.6 Å². The number of hydrogen-bond donors (Lipinski definition) is 2. The van der Waals surface area contributed by atoms with Crippen LogP contribution >= 0.6 is 24.8 Å². The molecule has 0 saturated carbocycles. The fourth-order valence-corrected chi connectivity index (χ4v) is 3.41. The molecule has 2 N–H and O–H groups in total. The molecule has 1 amide bonds. The Labute approximate surface area is 141 Å². The zero-order valence-corrected chi connectivity index (χ0v) is 13.8. The summed E-state index contributed by atoms with van der Waals surface area (Å²) in [6, 6.07) is 3.06. The van der Waals surface area contributed by atoms with Crippen LogP contribution in [-0.2, 0) is 0 Å². The Kier molecular flexibility index (Phi) is 5.00. The Hall–Kier alpha value is -1.30. The number of halogens is 2. The first kappa shape index (κ1) is 17.1. The highest BCUT2D eigenvalue weighted by Crippen LogP contribution is 2.28. The van der Waals surface area contributed by atoms with Gasteiger partial charge in [-0.2, -0.15) is 0 Å². The van der Waals surface area contributed by atoms with Crippen LogP contribution in [0, 0.1) is 6.92 Å². The highest BCUT2D eigenvalue weighted by Gasteiger charge is 2.39. The fourth-order valence-electron chi connectivity index (χ4n) is 3.41. The van der Waals surface area contributed by atoms with Crippen molar-refractivity contribution in [1.29, 1.82) is 0 Å². The average molecular weight is 344 g/mol. The Morgan fingerprint density at radius 1 is 1.41 bits per heavy atom. The van der Waals surface area contributed by atoms with Gasteiger partial charge in [-0.15, -0.1) is 24.8 Å². The van der Waals surface area contributed by atoms with E-state index in [2.05, 4.69) is 15.6 Å². The lowest BCUT2D eigenvalue weighted by molar-refractivity contribution is 0.0926. The number of rotatable bonds is 2. The molecule has 0 aromatic carbocycles. The first-order chi connectivity index (χ1) is 9.70. The first-order valence-electron chi connectivity index (χ1n) is 7.11. The molecule has 3 atom stereocenters. The molecule has 22 heavy (non-hydrogen) atoms. The van der Waals surface area contributed by atoms with Gasteiger partial charge in [-0.05, 0) is 37.8 Å². The molecule has 0 radical (unpaired) electrons. The molecule has 2 saturated heterocycles. The van der Waals surface area contributed by atoms with Crippen molar-refractivity contribution in [3.8, 4) is 0 Å². The molecule has 2 aliphatic heterocycles. The van der Waals surface area contributed by atoms with Crippen molar-refractivity contribution in [2.24, 2.45) is 0 Å². The number of furan rings is 1. The molecule has 2 unspecified atom stereocenters. The van der Waals surface area contributed by atoms with E-state index in [1.54, 1.807) is 12.5 Å². The van der Waals surface area contributed by atoms with Gasteiger partial charge < -0.3 is 15.1 Å². The topological polar surface area (TPSA) is 67.2 Å². The van der Waals surface area contributed by atoms with E-state index in [9.17, 15) is 4.79 Å². The molecular weight excluding hydrogens is 325 g/mol. The number of nitrogens with zero attached hydrogens (tertiary/aromatic N) is 1. The van der Waals surface area contributed by atoms with Crippen molar-refractivity contribution in [2.45, 2.75) is 44.3 Å². The third-order valence-corrected chi connectivity index (χ3v) is 4.50. The molecular formula is C15H19Cl2N3O2. The SMILES string of the molecule is Cc1coc2cnc(C(=O)N[C@@H]3CC4CCC3N4)cc12.Cl.Cl. The second-order valence-electron chi connectivity index (χ2n) is 5.85. The highest BCUT2D eigenvalue weighted by atomic mass is 35.5. The van der Waals surface area contributed by atoms with E-state index in [1.807, 2.05) is 13.0 Å². The molecule has 5 nitrogen and oxygen atoms in total. The molecule has 0 aliphatic carbocycles. The van der Waals surface area contributed by atoms with Gasteiger partial charge in [0.05, 0.1) is 12.5 Å². The maximum atomic E-state index is 12.3. The number of carbonyl (C=O) groups excluding carboxylic acids is 1. The fraction of sp³-hybridized carbons (Fsp3) is 0.467. The number of amides is 1. The van der Waals surface area contributed by atoms with Gasteiger partial charge in [0, 0.05) is 23.5 Å². The predicted octanol–water partition coefficient (Wildman–Crippen LogP) is 2.60. The smallest absolute Gasteiger partial charge is 0.270 e. The van der Waals surface area contributed by atoms with E-state index in [-0.39, 0.29) is 36.8 Å². The number of fused-ring (bicyclic) bond motifs is 3. The summed E-state index contributed by atoms with van der Waals surface area (Å²) in [5.41, 5.74) is 2.21. The molecule has 2 fully saturated rings. The van der Waals surface area contributed by atoms with Crippen molar-refractivity contribution in [2.75, 3.05) is 0 Å². The van der Waals surface area contributed by atoms with Crippen molar-refractivity contribution < 1.29 is 9.21 Å². The summed E-state index contributed by atoms with van der Waals surface area (Å²) in [5.74, 6) is -0.0909. The normalized spacial score (nSPS) is 25.6. The van der Waals surface area contributed by atoms with Crippen LogP contribution in [-0.4, -0.2) is 29.0 Å². The summed E-state index contributed by atoms with van der Waals surface area (Å²) < 4.78 is 5.35. The quantitative estimate of drug-likeness (QED) is 0.879. The number of carbonyl (C=O) groups is 1. The zero-order valence-electron chi connectivity index (χ0n) is 12.2. The third-order valence-electron chi connectivity index (χ3n) is 4.50. The van der Waals surface area contributed by atoms with Gasteiger partial charge in [0.25, 0.3) is 5.91 Å². The summed E-state index contributed by atoms with van der Waals surface area (Å²) in [4.78, 5) is 16.5. The second-order valence-corrected chi connectivity index (χ2v) is 5.85. The Bertz CT molecular complexity index is 688. The van der Waals surface area contributed by atoms with E-state index < -0.39 is 0 Å². The number of aromatic nitrogens is 1. The minimum Gasteiger partial charge on any atom is -0.462 e. The molecule has 2 aromatic heterocycles. The monoisotopic (exact) mass is 343 g/mol. The van der Waals surface area contributed by atoms with E-state index >= 15 is 0 Å². The van der Waals surface area contributed by atoms with Gasteiger partial charge >= 0.3 is 0 Å². The summed E-state index contributed by atoms with van der Waals surface area (Å²) in [6.07, 6.45) is 6.73.